The number of alkyl halides is 3. The molecule has 27 heavy (non-hydrogen) atoms. The van der Waals surface area contributed by atoms with E-state index in [2.05, 4.69) is 5.32 Å². The lowest BCUT2D eigenvalue weighted by Gasteiger charge is -2.17. The van der Waals surface area contributed by atoms with Crippen LogP contribution in [0.2, 0.25) is 0 Å². The van der Waals surface area contributed by atoms with Gasteiger partial charge in [-0.2, -0.15) is 13.2 Å². The van der Waals surface area contributed by atoms with Crippen molar-refractivity contribution in [3.8, 4) is 11.5 Å². The Labute approximate surface area is 156 Å². The summed E-state index contributed by atoms with van der Waals surface area (Å²) in [5.41, 5.74) is -0.0530. The monoisotopic (exact) mass is 381 g/mol. The number of rotatable bonds is 7. The van der Waals surface area contributed by atoms with Crippen molar-refractivity contribution in [1.29, 1.82) is 0 Å². The molecule has 0 saturated carbocycles. The average molecular weight is 381 g/mol. The molecule has 0 fully saturated rings. The highest BCUT2D eigenvalue weighted by molar-refractivity contribution is 5.95. The number of benzene rings is 2. The molecule has 0 aromatic heterocycles. The third kappa shape index (κ3) is 5.39. The van der Waals surface area contributed by atoms with E-state index in [0.717, 1.165) is 18.6 Å². The van der Waals surface area contributed by atoms with E-state index < -0.39 is 23.7 Å². The summed E-state index contributed by atoms with van der Waals surface area (Å²) in [6, 6.07) is 9.07. The van der Waals surface area contributed by atoms with Gasteiger partial charge in [0.15, 0.2) is 11.5 Å². The van der Waals surface area contributed by atoms with E-state index in [-0.39, 0.29) is 0 Å². The number of halogens is 3. The first-order valence-corrected chi connectivity index (χ1v) is 8.55. The van der Waals surface area contributed by atoms with Crippen molar-refractivity contribution in [2.75, 3.05) is 13.7 Å². The number of hydrogen-bond acceptors (Lipinski definition) is 3. The lowest BCUT2D eigenvalue weighted by atomic mass is 10.0. The van der Waals surface area contributed by atoms with Crippen LogP contribution in [0.1, 0.15) is 47.8 Å². The molecule has 0 aliphatic heterocycles. The third-order valence-corrected chi connectivity index (χ3v) is 3.95. The van der Waals surface area contributed by atoms with Gasteiger partial charge < -0.3 is 14.8 Å². The highest BCUT2D eigenvalue weighted by Gasteiger charge is 2.30. The van der Waals surface area contributed by atoms with Crippen molar-refractivity contribution in [2.24, 2.45) is 0 Å². The molecule has 2 rings (SSSR count). The summed E-state index contributed by atoms with van der Waals surface area (Å²) in [6.07, 6.45) is -3.60. The fourth-order valence-electron chi connectivity index (χ4n) is 2.49. The minimum atomic E-state index is -4.43. The van der Waals surface area contributed by atoms with Crippen LogP contribution in [-0.4, -0.2) is 19.6 Å². The average Bonchev–Trinajstić information content (AvgIpc) is 2.65. The molecular weight excluding hydrogens is 359 g/mol. The fourth-order valence-corrected chi connectivity index (χ4v) is 2.49. The maximum atomic E-state index is 12.9. The number of nitrogens with one attached hydrogen (secondary N) is 1. The minimum absolute atomic E-state index is 0.328. The molecule has 1 amide bonds. The molecule has 0 spiro atoms. The predicted molar refractivity (Wildman–Crippen MR) is 96.1 cm³/mol. The summed E-state index contributed by atoms with van der Waals surface area (Å²) < 4.78 is 49.4. The first kappa shape index (κ1) is 20.6. The first-order chi connectivity index (χ1) is 12.8. The quantitative estimate of drug-likeness (QED) is 0.735. The number of hydrogen-bond donors (Lipinski definition) is 1. The molecule has 7 heteroatoms. The van der Waals surface area contributed by atoms with Crippen molar-refractivity contribution >= 4 is 5.91 Å². The number of carbonyl (C=O) groups is 1. The van der Waals surface area contributed by atoms with E-state index in [4.69, 9.17) is 9.47 Å². The molecule has 0 bridgehead atoms. The zero-order valence-electron chi connectivity index (χ0n) is 15.4. The lowest BCUT2D eigenvalue weighted by Crippen LogP contribution is -2.26. The van der Waals surface area contributed by atoms with Crippen molar-refractivity contribution < 1.29 is 27.4 Å². The first-order valence-electron chi connectivity index (χ1n) is 8.55. The van der Waals surface area contributed by atoms with Gasteiger partial charge in [-0.3, -0.25) is 4.79 Å². The van der Waals surface area contributed by atoms with Crippen LogP contribution in [0, 0.1) is 0 Å². The molecule has 0 radical (unpaired) electrons. The number of carbonyl (C=O) groups excluding carboxylic acids is 1. The van der Waals surface area contributed by atoms with Crippen LogP contribution in [0.15, 0.2) is 42.5 Å². The summed E-state index contributed by atoms with van der Waals surface area (Å²) in [5, 5.41) is 2.70. The van der Waals surface area contributed by atoms with Crippen LogP contribution in [0.3, 0.4) is 0 Å². The molecule has 2 aromatic carbocycles. The SMILES string of the molecule is CCCOc1ccc(C(=O)N[C@H](C)c2cccc(C(F)(F)F)c2)cc1OC. The molecule has 1 atom stereocenters. The fraction of sp³-hybridized carbons (Fsp3) is 0.350. The Bertz CT molecular complexity index is 790. The van der Waals surface area contributed by atoms with Crippen LogP contribution < -0.4 is 14.8 Å². The topological polar surface area (TPSA) is 47.6 Å². The second kappa shape index (κ2) is 8.79. The van der Waals surface area contributed by atoms with Gasteiger partial charge in [0.05, 0.1) is 25.3 Å². The Morgan fingerprint density at radius 2 is 1.89 bits per heavy atom. The van der Waals surface area contributed by atoms with Crippen molar-refractivity contribution in [2.45, 2.75) is 32.5 Å². The van der Waals surface area contributed by atoms with Gasteiger partial charge in [0.2, 0.25) is 0 Å². The van der Waals surface area contributed by atoms with Gasteiger partial charge in [0.1, 0.15) is 0 Å². The van der Waals surface area contributed by atoms with Crippen LogP contribution in [0.5, 0.6) is 11.5 Å². The van der Waals surface area contributed by atoms with E-state index in [0.29, 0.717) is 29.2 Å². The maximum absolute atomic E-state index is 12.9. The molecule has 0 saturated heterocycles. The van der Waals surface area contributed by atoms with Crippen molar-refractivity contribution in [1.82, 2.24) is 5.32 Å². The molecule has 146 valence electrons. The van der Waals surface area contributed by atoms with Crippen LogP contribution in [0.25, 0.3) is 0 Å². The summed E-state index contributed by atoms with van der Waals surface area (Å²) >= 11 is 0. The molecule has 0 aliphatic carbocycles. The van der Waals surface area contributed by atoms with Gasteiger partial charge in [-0.15, -0.1) is 0 Å². The Hall–Kier alpha value is -2.70. The van der Waals surface area contributed by atoms with Gasteiger partial charge in [-0.05, 0) is 49.2 Å². The number of amides is 1. The Kier molecular flexibility index (Phi) is 6.71. The van der Waals surface area contributed by atoms with Crippen molar-refractivity contribution in [3.05, 3.63) is 59.2 Å². The Morgan fingerprint density at radius 1 is 1.15 bits per heavy atom. The number of ether oxygens (including phenoxy) is 2. The predicted octanol–water partition coefficient (Wildman–Crippen LogP) is 4.99. The zero-order valence-corrected chi connectivity index (χ0v) is 15.4. The van der Waals surface area contributed by atoms with Gasteiger partial charge >= 0.3 is 6.18 Å². The maximum Gasteiger partial charge on any atom is 0.416 e. The van der Waals surface area contributed by atoms with Crippen molar-refractivity contribution in [3.63, 3.8) is 0 Å². The molecule has 0 aliphatic rings. The summed E-state index contributed by atoms with van der Waals surface area (Å²) in [4.78, 5) is 12.5. The lowest BCUT2D eigenvalue weighted by molar-refractivity contribution is -0.137. The van der Waals surface area contributed by atoms with Gasteiger partial charge in [-0.1, -0.05) is 19.1 Å². The molecule has 4 nitrogen and oxygen atoms in total. The molecule has 1 N–H and O–H groups in total. The van der Waals surface area contributed by atoms with Gasteiger partial charge in [0.25, 0.3) is 5.91 Å². The summed E-state index contributed by atoms with van der Waals surface area (Å²) in [5.74, 6) is 0.532. The second-order valence-electron chi connectivity index (χ2n) is 6.03. The highest BCUT2D eigenvalue weighted by atomic mass is 19.4. The zero-order chi connectivity index (χ0) is 20.0. The van der Waals surface area contributed by atoms with Crippen LogP contribution in [0.4, 0.5) is 13.2 Å². The van der Waals surface area contributed by atoms with Crippen LogP contribution in [-0.2, 0) is 6.18 Å². The normalized spacial score (nSPS) is 12.4. The second-order valence-corrected chi connectivity index (χ2v) is 6.03. The smallest absolute Gasteiger partial charge is 0.416 e. The Balaban J connectivity index is 2.14. The Morgan fingerprint density at radius 3 is 2.52 bits per heavy atom. The van der Waals surface area contributed by atoms with E-state index >= 15 is 0 Å². The summed E-state index contributed by atoms with van der Waals surface area (Å²) in [7, 11) is 1.47. The standard InChI is InChI=1S/C20H22F3NO3/c1-4-10-27-17-9-8-15(12-18(17)26-3)19(25)24-13(2)14-6-5-7-16(11-14)20(21,22)23/h5-9,11-13H,4,10H2,1-3H3,(H,24,25)/t13-/m1/s1. The van der Waals surface area contributed by atoms with Crippen LogP contribution >= 0.6 is 0 Å². The van der Waals surface area contributed by atoms with E-state index in [1.54, 1.807) is 31.2 Å². The molecular formula is C20H22F3NO3. The molecule has 0 unspecified atom stereocenters. The third-order valence-electron chi connectivity index (χ3n) is 3.95. The molecule has 2 aromatic rings. The van der Waals surface area contributed by atoms with Gasteiger partial charge in [-0.25, -0.2) is 0 Å². The van der Waals surface area contributed by atoms with E-state index in [9.17, 15) is 18.0 Å². The number of methoxy groups -OCH3 is 1. The van der Waals surface area contributed by atoms with E-state index in [1.807, 2.05) is 6.92 Å². The largest absolute Gasteiger partial charge is 0.493 e. The van der Waals surface area contributed by atoms with Gasteiger partial charge in [0, 0.05) is 5.56 Å². The van der Waals surface area contributed by atoms with E-state index in [1.165, 1.54) is 13.2 Å². The minimum Gasteiger partial charge on any atom is -0.493 e. The summed E-state index contributed by atoms with van der Waals surface area (Å²) in [6.45, 7) is 4.13. The molecule has 0 heterocycles. The highest BCUT2D eigenvalue weighted by Crippen LogP contribution is 2.31.